The maximum atomic E-state index is 13.4. The number of fused-ring (bicyclic) bond motifs is 1. The van der Waals surface area contributed by atoms with Gasteiger partial charge in [-0.05, 0) is 43.9 Å². The van der Waals surface area contributed by atoms with E-state index in [0.29, 0.717) is 12.8 Å². The van der Waals surface area contributed by atoms with Crippen molar-refractivity contribution in [2.45, 2.75) is 31.9 Å². The number of halogens is 2. The number of carbonyl (C=O) groups is 1. The van der Waals surface area contributed by atoms with Crippen molar-refractivity contribution in [2.24, 2.45) is 5.92 Å². The van der Waals surface area contributed by atoms with Gasteiger partial charge in [-0.3, -0.25) is 10.2 Å². The van der Waals surface area contributed by atoms with Gasteiger partial charge in [-0.25, -0.2) is 18.3 Å². The van der Waals surface area contributed by atoms with Crippen molar-refractivity contribution in [3.05, 3.63) is 53.2 Å². The first-order valence-electron chi connectivity index (χ1n) is 9.59. The molecule has 1 atom stereocenters. The first kappa shape index (κ1) is 21.2. The fourth-order valence-corrected chi connectivity index (χ4v) is 3.99. The molecule has 0 saturated heterocycles. The quantitative estimate of drug-likeness (QED) is 0.340. The molecule has 2 aromatic heterocycles. The predicted octanol–water partition coefficient (Wildman–Crippen LogP) is 2.84. The number of aliphatic hydroxyl groups is 1. The van der Waals surface area contributed by atoms with Crippen LogP contribution in [0.3, 0.4) is 0 Å². The van der Waals surface area contributed by atoms with Crippen molar-refractivity contribution in [3.63, 3.8) is 0 Å². The van der Waals surface area contributed by atoms with Crippen LogP contribution < -0.4 is 11.1 Å². The summed E-state index contributed by atoms with van der Waals surface area (Å²) >= 11 is -0.122. The lowest BCUT2D eigenvalue weighted by atomic mass is 9.78. The minimum absolute atomic E-state index is 0.0678. The van der Waals surface area contributed by atoms with Gasteiger partial charge in [0.25, 0.3) is 5.91 Å². The Kier molecular flexibility index (Phi) is 5.63. The van der Waals surface area contributed by atoms with Crippen LogP contribution in [-0.2, 0) is 0 Å². The molecule has 1 aromatic carbocycles. The Hall–Kier alpha value is -3.05. The van der Waals surface area contributed by atoms with Gasteiger partial charge in [-0.15, -0.1) is 3.89 Å². The van der Waals surface area contributed by atoms with Gasteiger partial charge in [-0.1, -0.05) is 0 Å². The molecule has 2 heterocycles. The number of hydrogen-bond acceptors (Lipinski definition) is 7. The van der Waals surface area contributed by atoms with Gasteiger partial charge in [0.15, 0.2) is 18.0 Å². The summed E-state index contributed by atoms with van der Waals surface area (Å²) in [6.45, 7) is 1.85. The Labute approximate surface area is 180 Å². The van der Waals surface area contributed by atoms with Gasteiger partial charge in [-0.2, -0.15) is 0 Å². The molecule has 1 aliphatic carbocycles. The van der Waals surface area contributed by atoms with Crippen molar-refractivity contribution < 1.29 is 18.2 Å². The fraction of sp³-hybridized carbons (Fsp3) is 0.300. The number of hydrogen-bond donors (Lipinski definition) is 4. The lowest BCUT2D eigenvalue weighted by Crippen LogP contribution is -2.45. The van der Waals surface area contributed by atoms with E-state index in [1.807, 2.05) is 6.92 Å². The number of anilines is 1. The van der Waals surface area contributed by atoms with Crippen LogP contribution in [0.5, 0.6) is 0 Å². The van der Waals surface area contributed by atoms with E-state index in [1.54, 1.807) is 0 Å². The van der Waals surface area contributed by atoms with Crippen molar-refractivity contribution in [1.82, 2.24) is 19.3 Å². The SMILES string of the molecule is CC(NC(=O)c1cn(SF)c2ncc(C(=N)c3ccc(F)cc3N)nc12)C1CC(O)C1. The Morgan fingerprint density at radius 1 is 1.42 bits per heavy atom. The van der Waals surface area contributed by atoms with Crippen molar-refractivity contribution >= 4 is 40.8 Å². The zero-order valence-electron chi connectivity index (χ0n) is 16.5. The highest BCUT2D eigenvalue weighted by molar-refractivity contribution is 7.92. The van der Waals surface area contributed by atoms with Gasteiger partial charge < -0.3 is 16.2 Å². The summed E-state index contributed by atoms with van der Waals surface area (Å²) in [5.41, 5.74) is 6.53. The number of nitrogen functional groups attached to an aromatic ring is 1. The molecule has 5 N–H and O–H groups in total. The number of nitrogens with two attached hydrogens (primary N) is 1. The summed E-state index contributed by atoms with van der Waals surface area (Å²) < 4.78 is 27.8. The molecule has 1 fully saturated rings. The number of aliphatic hydroxyl groups excluding tert-OH is 1. The lowest BCUT2D eigenvalue weighted by molar-refractivity contribution is 0.0270. The molecule has 31 heavy (non-hydrogen) atoms. The first-order valence-corrected chi connectivity index (χ1v) is 10.3. The van der Waals surface area contributed by atoms with Gasteiger partial charge in [0, 0.05) is 23.5 Å². The minimum atomic E-state index is -0.528. The van der Waals surface area contributed by atoms with Gasteiger partial charge in [0.1, 0.15) is 17.0 Å². The standard InChI is InChI=1S/C20H20F2N6O2S/c1-9(10-4-12(29)5-10)26-20(30)14-8-28(31-22)19-18(14)27-16(7-25-19)17(24)13-3-2-11(21)6-15(13)23/h2-3,6-10,12,24,29H,4-5,23H2,1H3,(H,26,30). The third kappa shape index (κ3) is 3.98. The smallest absolute Gasteiger partial charge is 0.255 e. The Balaban J connectivity index is 1.68. The van der Waals surface area contributed by atoms with Crippen LogP contribution in [0.2, 0.25) is 0 Å². The molecule has 0 aliphatic heterocycles. The second-order valence-corrected chi connectivity index (χ2v) is 8.15. The molecule has 1 aliphatic rings. The molecule has 8 nitrogen and oxygen atoms in total. The van der Waals surface area contributed by atoms with Crippen molar-refractivity contribution in [1.29, 1.82) is 5.41 Å². The summed E-state index contributed by atoms with van der Waals surface area (Å²) in [6, 6.07) is 3.47. The van der Waals surface area contributed by atoms with E-state index < -0.39 is 11.7 Å². The minimum Gasteiger partial charge on any atom is -0.398 e. The van der Waals surface area contributed by atoms with Gasteiger partial charge >= 0.3 is 0 Å². The molecular formula is C20H20F2N6O2S. The van der Waals surface area contributed by atoms with Crippen LogP contribution in [-0.4, -0.2) is 42.8 Å². The molecular weight excluding hydrogens is 426 g/mol. The zero-order valence-corrected chi connectivity index (χ0v) is 17.3. The highest BCUT2D eigenvalue weighted by Gasteiger charge is 2.33. The Morgan fingerprint density at radius 2 is 2.16 bits per heavy atom. The van der Waals surface area contributed by atoms with Crippen LogP contribution in [0, 0.1) is 17.1 Å². The second-order valence-electron chi connectivity index (χ2n) is 7.62. The fourth-order valence-electron chi connectivity index (χ4n) is 3.64. The lowest BCUT2D eigenvalue weighted by Gasteiger charge is -2.36. The third-order valence-electron chi connectivity index (χ3n) is 5.54. The average molecular weight is 446 g/mol. The molecule has 4 rings (SSSR count). The summed E-state index contributed by atoms with van der Waals surface area (Å²) in [6.07, 6.45) is 3.47. The third-order valence-corrected chi connectivity index (χ3v) is 5.96. The molecule has 1 unspecified atom stereocenters. The van der Waals surface area contributed by atoms with Crippen molar-refractivity contribution in [2.75, 3.05) is 5.73 Å². The maximum absolute atomic E-state index is 13.4. The number of aromatic nitrogens is 3. The van der Waals surface area contributed by atoms with Crippen LogP contribution in [0.1, 0.15) is 41.4 Å². The van der Waals surface area contributed by atoms with E-state index in [1.165, 1.54) is 24.5 Å². The molecule has 3 aromatic rings. The van der Waals surface area contributed by atoms with E-state index in [2.05, 4.69) is 15.3 Å². The first-order chi connectivity index (χ1) is 14.8. The Bertz CT molecular complexity index is 1180. The highest BCUT2D eigenvalue weighted by atomic mass is 32.2. The molecule has 0 bridgehead atoms. The van der Waals surface area contributed by atoms with Crippen LogP contribution in [0.4, 0.5) is 14.0 Å². The normalized spacial score (nSPS) is 19.1. The van der Waals surface area contributed by atoms with Crippen molar-refractivity contribution in [3.8, 4) is 0 Å². The van der Waals surface area contributed by atoms with Gasteiger partial charge in [0.2, 0.25) is 0 Å². The molecule has 11 heteroatoms. The summed E-state index contributed by atoms with van der Waals surface area (Å²) in [5.74, 6) is -0.815. The number of nitrogens with zero attached hydrogens (tertiary/aromatic N) is 3. The summed E-state index contributed by atoms with van der Waals surface area (Å²) in [5, 5.41) is 20.7. The summed E-state index contributed by atoms with van der Waals surface area (Å²) in [7, 11) is 0. The largest absolute Gasteiger partial charge is 0.398 e. The summed E-state index contributed by atoms with van der Waals surface area (Å²) in [4.78, 5) is 21.4. The zero-order chi connectivity index (χ0) is 22.3. The second kappa shape index (κ2) is 8.23. The van der Waals surface area contributed by atoms with Crippen LogP contribution >= 0.6 is 12.3 Å². The highest BCUT2D eigenvalue weighted by Crippen LogP contribution is 2.31. The monoisotopic (exact) mass is 446 g/mol. The van der Waals surface area contributed by atoms with Gasteiger partial charge in [0.05, 0.1) is 23.6 Å². The predicted molar refractivity (Wildman–Crippen MR) is 114 cm³/mol. The van der Waals surface area contributed by atoms with E-state index >= 15 is 0 Å². The van der Waals surface area contributed by atoms with E-state index in [0.717, 1.165) is 10.0 Å². The number of rotatable bonds is 6. The Morgan fingerprint density at radius 3 is 2.81 bits per heavy atom. The number of nitrogens with one attached hydrogen (secondary N) is 2. The number of amides is 1. The number of benzene rings is 1. The van der Waals surface area contributed by atoms with Crippen LogP contribution in [0.25, 0.3) is 11.2 Å². The van der Waals surface area contributed by atoms with E-state index in [9.17, 15) is 18.2 Å². The molecule has 162 valence electrons. The van der Waals surface area contributed by atoms with Crippen LogP contribution in [0.15, 0.2) is 30.6 Å². The number of carbonyl (C=O) groups excluding carboxylic acids is 1. The topological polar surface area (TPSA) is 130 Å². The molecule has 0 spiro atoms. The molecule has 0 radical (unpaired) electrons. The average Bonchev–Trinajstić information content (AvgIpc) is 3.09. The molecule has 1 saturated carbocycles. The maximum Gasteiger partial charge on any atom is 0.255 e. The van der Waals surface area contributed by atoms with E-state index in [-0.39, 0.29) is 69.8 Å². The van der Waals surface area contributed by atoms with E-state index in [4.69, 9.17) is 11.1 Å². The molecule has 1 amide bonds.